The van der Waals surface area contributed by atoms with E-state index in [9.17, 15) is 18.0 Å². The minimum absolute atomic E-state index is 0.122. The first-order valence-electron chi connectivity index (χ1n) is 9.94. The highest BCUT2D eigenvalue weighted by Gasteiger charge is 2.28. The number of hydrogen-bond donors (Lipinski definition) is 1. The normalized spacial score (nSPS) is 11.4. The van der Waals surface area contributed by atoms with Crippen molar-refractivity contribution >= 4 is 17.7 Å². The maximum atomic E-state index is 12.3. The van der Waals surface area contributed by atoms with Gasteiger partial charge in [-0.25, -0.2) is 0 Å². The highest BCUT2D eigenvalue weighted by atomic mass is 32.2. The van der Waals surface area contributed by atoms with Crippen LogP contribution in [0.15, 0.2) is 53.7 Å². The lowest BCUT2D eigenvalue weighted by Gasteiger charge is -2.10. The second-order valence-electron chi connectivity index (χ2n) is 6.98. The first kappa shape index (κ1) is 23.6. The second-order valence-corrected chi connectivity index (χ2v) is 7.92. The summed E-state index contributed by atoms with van der Waals surface area (Å²) in [6.07, 6.45) is -4.38. The highest BCUT2D eigenvalue weighted by molar-refractivity contribution is 7.99. The van der Waals surface area contributed by atoms with E-state index >= 15 is 0 Å². The summed E-state index contributed by atoms with van der Waals surface area (Å²) in [6, 6.07) is 14.0. The second kappa shape index (κ2) is 10.5. The van der Waals surface area contributed by atoms with Crippen molar-refractivity contribution in [2.75, 3.05) is 12.4 Å². The molecule has 32 heavy (non-hydrogen) atoms. The predicted molar refractivity (Wildman–Crippen MR) is 116 cm³/mol. The number of carbonyl (C=O) groups is 1. The summed E-state index contributed by atoms with van der Waals surface area (Å²) < 4.78 is 43.2. The van der Waals surface area contributed by atoms with E-state index in [0.29, 0.717) is 11.7 Å². The van der Waals surface area contributed by atoms with Crippen molar-refractivity contribution in [1.29, 1.82) is 0 Å². The molecule has 6 nitrogen and oxygen atoms in total. The molecule has 0 spiro atoms. The van der Waals surface area contributed by atoms with E-state index in [0.717, 1.165) is 22.5 Å². The van der Waals surface area contributed by atoms with Crippen LogP contribution in [0.4, 0.5) is 13.2 Å². The molecule has 1 N–H and O–H groups in total. The number of rotatable bonds is 9. The Morgan fingerprint density at radius 2 is 1.84 bits per heavy atom. The molecule has 0 unspecified atom stereocenters. The molecule has 0 radical (unpaired) electrons. The lowest BCUT2D eigenvalue weighted by Crippen LogP contribution is -2.24. The number of benzene rings is 2. The minimum atomic E-state index is -4.38. The molecule has 170 valence electrons. The number of ether oxygens (including phenoxy) is 1. The van der Waals surface area contributed by atoms with Crippen molar-refractivity contribution < 1.29 is 22.7 Å². The van der Waals surface area contributed by atoms with E-state index in [2.05, 4.69) is 20.3 Å². The summed E-state index contributed by atoms with van der Waals surface area (Å²) in [6.45, 7) is 3.60. The molecular formula is C22H23F3N4O2S. The lowest BCUT2D eigenvalue weighted by atomic mass is 10.1. The summed E-state index contributed by atoms with van der Waals surface area (Å²) in [5, 5.41) is 12.0. The summed E-state index contributed by atoms with van der Waals surface area (Å²) >= 11 is 1.30. The molecule has 1 amide bonds. The number of amides is 1. The number of nitrogens with one attached hydrogen (secondary N) is 1. The summed E-state index contributed by atoms with van der Waals surface area (Å²) in [7, 11) is 0. The fraction of sp³-hybridized carbons (Fsp3) is 0.318. The van der Waals surface area contributed by atoms with Crippen molar-refractivity contribution in [2.45, 2.75) is 38.3 Å². The highest BCUT2D eigenvalue weighted by Crippen LogP contribution is 2.26. The van der Waals surface area contributed by atoms with E-state index < -0.39 is 12.8 Å². The smallest absolute Gasteiger partial charge is 0.422 e. The van der Waals surface area contributed by atoms with Gasteiger partial charge in [-0.1, -0.05) is 48.2 Å². The third-order valence-corrected chi connectivity index (χ3v) is 5.53. The zero-order chi connectivity index (χ0) is 23.1. The van der Waals surface area contributed by atoms with Crippen LogP contribution in [0.25, 0.3) is 11.4 Å². The van der Waals surface area contributed by atoms with Gasteiger partial charge in [0.15, 0.2) is 17.6 Å². The van der Waals surface area contributed by atoms with Crippen LogP contribution in [0, 0.1) is 6.92 Å². The minimum Gasteiger partial charge on any atom is -0.484 e. The molecule has 0 atom stereocenters. The van der Waals surface area contributed by atoms with Gasteiger partial charge in [-0.15, -0.1) is 10.2 Å². The van der Waals surface area contributed by atoms with Crippen LogP contribution in [0.5, 0.6) is 5.75 Å². The molecule has 0 aliphatic heterocycles. The summed E-state index contributed by atoms with van der Waals surface area (Å²) in [5.41, 5.74) is 2.85. The first-order chi connectivity index (χ1) is 15.3. The zero-order valence-corrected chi connectivity index (χ0v) is 18.5. The van der Waals surface area contributed by atoms with Crippen LogP contribution >= 0.6 is 11.8 Å². The molecule has 2 aromatic carbocycles. The monoisotopic (exact) mass is 464 g/mol. The number of halogens is 3. The van der Waals surface area contributed by atoms with Gasteiger partial charge in [-0.2, -0.15) is 13.2 Å². The Hall–Kier alpha value is -3.01. The average molecular weight is 465 g/mol. The molecule has 0 saturated carbocycles. The molecule has 0 aliphatic rings. The van der Waals surface area contributed by atoms with Crippen LogP contribution in [-0.4, -0.2) is 39.2 Å². The maximum Gasteiger partial charge on any atom is 0.422 e. The topological polar surface area (TPSA) is 69.0 Å². The Labute approximate surface area is 188 Å². The van der Waals surface area contributed by atoms with Crippen LogP contribution in [0.1, 0.15) is 18.1 Å². The van der Waals surface area contributed by atoms with Crippen LogP contribution < -0.4 is 10.1 Å². The molecule has 3 rings (SSSR count). The third kappa shape index (κ3) is 6.49. The molecule has 0 bridgehead atoms. The zero-order valence-electron chi connectivity index (χ0n) is 17.6. The standard InChI is InChI=1S/C22H23F3N4O2S/c1-3-29-20(18-7-5-4-6-15(18)2)27-28-21(29)32-13-19(30)26-12-16-8-10-17(11-9-16)31-14-22(23,24)25/h4-11H,3,12-14H2,1-2H3,(H,26,30). The molecule has 10 heteroatoms. The number of aromatic nitrogens is 3. The summed E-state index contributed by atoms with van der Waals surface area (Å²) in [4.78, 5) is 12.3. The van der Waals surface area contributed by atoms with Gasteiger partial charge in [-0.05, 0) is 37.1 Å². The number of thioether (sulfide) groups is 1. The number of aryl methyl sites for hydroxylation is 1. The number of carbonyl (C=O) groups excluding carboxylic acids is 1. The molecule has 0 fully saturated rings. The quantitative estimate of drug-likeness (QED) is 0.468. The van der Waals surface area contributed by atoms with Gasteiger partial charge < -0.3 is 14.6 Å². The van der Waals surface area contributed by atoms with E-state index in [-0.39, 0.29) is 24.0 Å². The van der Waals surface area contributed by atoms with E-state index in [4.69, 9.17) is 0 Å². The van der Waals surface area contributed by atoms with Gasteiger partial charge in [0.05, 0.1) is 5.75 Å². The van der Waals surface area contributed by atoms with Crippen molar-refractivity contribution in [3.8, 4) is 17.1 Å². The van der Waals surface area contributed by atoms with E-state index in [1.165, 1.54) is 23.9 Å². The van der Waals surface area contributed by atoms with Gasteiger partial charge >= 0.3 is 6.18 Å². The number of nitrogens with zero attached hydrogens (tertiary/aromatic N) is 3. The Kier molecular flexibility index (Phi) is 7.79. The van der Waals surface area contributed by atoms with Crippen LogP contribution in [-0.2, 0) is 17.9 Å². The van der Waals surface area contributed by atoms with Gasteiger partial charge in [-0.3, -0.25) is 4.79 Å². The third-order valence-electron chi connectivity index (χ3n) is 4.57. The molecule has 0 saturated heterocycles. The lowest BCUT2D eigenvalue weighted by molar-refractivity contribution is -0.153. The first-order valence-corrected chi connectivity index (χ1v) is 10.9. The number of hydrogen-bond acceptors (Lipinski definition) is 5. The van der Waals surface area contributed by atoms with Crippen LogP contribution in [0.2, 0.25) is 0 Å². The largest absolute Gasteiger partial charge is 0.484 e. The van der Waals surface area contributed by atoms with Crippen molar-refractivity contribution in [2.24, 2.45) is 0 Å². The maximum absolute atomic E-state index is 12.3. The molecule has 0 aliphatic carbocycles. The average Bonchev–Trinajstić information content (AvgIpc) is 3.18. The van der Waals surface area contributed by atoms with Gasteiger partial charge in [0.2, 0.25) is 5.91 Å². The summed E-state index contributed by atoms with van der Waals surface area (Å²) in [5.74, 6) is 0.867. The van der Waals surface area contributed by atoms with Gasteiger partial charge in [0, 0.05) is 18.7 Å². The molecule has 1 aromatic heterocycles. The Morgan fingerprint density at radius 3 is 2.50 bits per heavy atom. The fourth-order valence-corrected chi connectivity index (χ4v) is 3.79. The predicted octanol–water partition coefficient (Wildman–Crippen LogP) is 4.62. The molecule has 3 aromatic rings. The van der Waals surface area contributed by atoms with Gasteiger partial charge in [0.25, 0.3) is 0 Å². The van der Waals surface area contributed by atoms with Crippen molar-refractivity contribution in [3.63, 3.8) is 0 Å². The van der Waals surface area contributed by atoms with E-state index in [1.807, 2.05) is 42.7 Å². The molecule has 1 heterocycles. The Morgan fingerprint density at radius 1 is 1.12 bits per heavy atom. The Bertz CT molecular complexity index is 1050. The van der Waals surface area contributed by atoms with E-state index in [1.54, 1.807) is 12.1 Å². The number of alkyl halides is 3. The SMILES string of the molecule is CCn1c(SCC(=O)NCc2ccc(OCC(F)(F)F)cc2)nnc1-c1ccccc1C. The molecular weight excluding hydrogens is 441 g/mol. The van der Waals surface area contributed by atoms with Gasteiger partial charge in [0.1, 0.15) is 5.75 Å². The Balaban J connectivity index is 1.52. The van der Waals surface area contributed by atoms with Crippen molar-refractivity contribution in [1.82, 2.24) is 20.1 Å². The van der Waals surface area contributed by atoms with Crippen molar-refractivity contribution in [3.05, 3.63) is 59.7 Å². The fourth-order valence-electron chi connectivity index (χ4n) is 2.95. The van der Waals surface area contributed by atoms with Crippen LogP contribution in [0.3, 0.4) is 0 Å².